The lowest BCUT2D eigenvalue weighted by Crippen LogP contribution is -2.57. The number of nitrogens with two attached hydrogens (primary N) is 1. The molecule has 1 fully saturated rings. The van der Waals surface area contributed by atoms with Gasteiger partial charge < -0.3 is 31.5 Å². The zero-order valence-corrected chi connectivity index (χ0v) is 19.4. The summed E-state index contributed by atoms with van der Waals surface area (Å²) in [5, 5.41) is 23.3. The Morgan fingerprint density at radius 3 is 2.35 bits per heavy atom. The maximum Gasteiger partial charge on any atom is 0.326 e. The molecule has 0 aliphatic carbocycles. The summed E-state index contributed by atoms with van der Waals surface area (Å²) in [6.07, 6.45) is 0.640. The van der Waals surface area contributed by atoms with Gasteiger partial charge in [0.1, 0.15) is 18.1 Å². The predicted octanol–water partition coefficient (Wildman–Crippen LogP) is -0.604. The number of hydrogen-bond acceptors (Lipinski definition) is 7. The Balaban J connectivity index is 2.00. The van der Waals surface area contributed by atoms with Crippen LogP contribution in [0.3, 0.4) is 0 Å². The largest absolute Gasteiger partial charge is 0.481 e. The van der Waals surface area contributed by atoms with E-state index in [1.807, 2.05) is 0 Å². The standard InChI is InChI=1S/C22H30N4O7S/c23-14(8-9-18(27)28)21(31)26-10-4-7-17(26)20(30)25-16(12-34)19(29)24-15(22(32)33)11-13-5-2-1-3-6-13/h1-3,5-6,14-17,34H,4,7-12,23H2,(H,24,29)(H,25,30)(H,27,28)(H,32,33). The first-order valence-electron chi connectivity index (χ1n) is 10.9. The lowest BCUT2D eigenvalue weighted by Gasteiger charge is -2.28. The molecular formula is C22H30N4O7S. The molecule has 0 radical (unpaired) electrons. The van der Waals surface area contributed by atoms with Crippen molar-refractivity contribution < 1.29 is 34.2 Å². The number of nitrogens with zero attached hydrogens (tertiary/aromatic N) is 1. The molecule has 1 aliphatic heterocycles. The molecule has 0 spiro atoms. The number of likely N-dealkylation sites (tertiary alicyclic amines) is 1. The van der Waals surface area contributed by atoms with Crippen LogP contribution in [0.5, 0.6) is 0 Å². The summed E-state index contributed by atoms with van der Waals surface area (Å²) in [4.78, 5) is 61.9. The first-order valence-corrected chi connectivity index (χ1v) is 11.5. The summed E-state index contributed by atoms with van der Waals surface area (Å²) in [6, 6.07) is 4.56. The van der Waals surface area contributed by atoms with Gasteiger partial charge in [0.2, 0.25) is 17.7 Å². The molecule has 34 heavy (non-hydrogen) atoms. The quantitative estimate of drug-likeness (QED) is 0.208. The third kappa shape index (κ3) is 7.73. The van der Waals surface area contributed by atoms with Gasteiger partial charge in [-0.15, -0.1) is 0 Å². The van der Waals surface area contributed by atoms with Crippen LogP contribution in [0, 0.1) is 0 Å². The Hall–Kier alpha value is -3.12. The highest BCUT2D eigenvalue weighted by Crippen LogP contribution is 2.19. The van der Waals surface area contributed by atoms with E-state index in [0.717, 1.165) is 5.56 Å². The van der Waals surface area contributed by atoms with E-state index in [1.54, 1.807) is 30.3 Å². The van der Waals surface area contributed by atoms with Gasteiger partial charge >= 0.3 is 11.9 Å². The first kappa shape index (κ1) is 27.1. The van der Waals surface area contributed by atoms with Gasteiger partial charge in [-0.3, -0.25) is 19.2 Å². The van der Waals surface area contributed by atoms with Crippen LogP contribution in [0.1, 0.15) is 31.2 Å². The van der Waals surface area contributed by atoms with Gasteiger partial charge in [0.05, 0.1) is 6.04 Å². The topological polar surface area (TPSA) is 179 Å². The Morgan fingerprint density at radius 1 is 1.09 bits per heavy atom. The summed E-state index contributed by atoms with van der Waals surface area (Å²) in [6.45, 7) is 0.285. The normalized spacial score (nSPS) is 17.9. The van der Waals surface area contributed by atoms with Gasteiger partial charge in [0, 0.05) is 25.1 Å². The summed E-state index contributed by atoms with van der Waals surface area (Å²) in [5.41, 5.74) is 6.53. The number of hydrogen-bond donors (Lipinski definition) is 6. The fourth-order valence-corrected chi connectivity index (χ4v) is 3.96. The van der Waals surface area contributed by atoms with E-state index in [-0.39, 0.29) is 31.6 Å². The highest BCUT2D eigenvalue weighted by molar-refractivity contribution is 7.80. The van der Waals surface area contributed by atoms with Crippen LogP contribution >= 0.6 is 12.6 Å². The highest BCUT2D eigenvalue weighted by Gasteiger charge is 2.37. The van der Waals surface area contributed by atoms with Crippen LogP contribution in [-0.2, 0) is 30.4 Å². The summed E-state index contributed by atoms with van der Waals surface area (Å²) in [7, 11) is 0. The number of carbonyl (C=O) groups is 5. The zero-order valence-electron chi connectivity index (χ0n) is 18.6. The monoisotopic (exact) mass is 494 g/mol. The number of carboxylic acid groups (broad SMARTS) is 2. The number of aliphatic carboxylic acids is 2. The minimum absolute atomic E-state index is 0.0569. The lowest BCUT2D eigenvalue weighted by molar-refractivity contribution is -0.143. The Labute approximate surface area is 202 Å². The molecule has 11 nitrogen and oxygen atoms in total. The minimum atomic E-state index is -1.22. The zero-order chi connectivity index (χ0) is 25.3. The van der Waals surface area contributed by atoms with Crippen molar-refractivity contribution in [3.8, 4) is 0 Å². The second-order valence-electron chi connectivity index (χ2n) is 8.06. The van der Waals surface area contributed by atoms with E-state index in [2.05, 4.69) is 23.3 Å². The number of thiol groups is 1. The van der Waals surface area contributed by atoms with Gasteiger partial charge in [0.25, 0.3) is 0 Å². The molecule has 12 heteroatoms. The summed E-state index contributed by atoms with van der Waals surface area (Å²) >= 11 is 4.11. The number of carbonyl (C=O) groups excluding carboxylic acids is 3. The van der Waals surface area contributed by atoms with E-state index in [1.165, 1.54) is 4.90 Å². The maximum absolute atomic E-state index is 12.9. The van der Waals surface area contributed by atoms with E-state index in [4.69, 9.17) is 10.8 Å². The van der Waals surface area contributed by atoms with Gasteiger partial charge in [-0.25, -0.2) is 4.79 Å². The van der Waals surface area contributed by atoms with Crippen molar-refractivity contribution in [2.75, 3.05) is 12.3 Å². The van der Waals surface area contributed by atoms with Gasteiger partial charge in [-0.05, 0) is 24.8 Å². The number of carboxylic acids is 2. The van der Waals surface area contributed by atoms with Crippen LogP contribution in [-0.4, -0.2) is 81.2 Å². The fraction of sp³-hybridized carbons (Fsp3) is 0.500. The minimum Gasteiger partial charge on any atom is -0.481 e. The molecule has 1 aliphatic rings. The average Bonchev–Trinajstić information content (AvgIpc) is 3.30. The molecule has 6 N–H and O–H groups in total. The van der Waals surface area contributed by atoms with Crippen LogP contribution in [0.25, 0.3) is 0 Å². The second-order valence-corrected chi connectivity index (χ2v) is 8.43. The second kappa shape index (κ2) is 12.9. The van der Waals surface area contributed by atoms with Crippen molar-refractivity contribution in [1.82, 2.24) is 15.5 Å². The van der Waals surface area contributed by atoms with Crippen LogP contribution in [0.2, 0.25) is 0 Å². The van der Waals surface area contributed by atoms with Crippen LogP contribution < -0.4 is 16.4 Å². The molecular weight excluding hydrogens is 464 g/mol. The lowest BCUT2D eigenvalue weighted by atomic mass is 10.1. The molecule has 2 rings (SSSR count). The molecule has 4 atom stereocenters. The number of benzene rings is 1. The van der Waals surface area contributed by atoms with Gasteiger partial charge in [0.15, 0.2) is 0 Å². The first-order chi connectivity index (χ1) is 16.1. The Kier molecular flexibility index (Phi) is 10.3. The Morgan fingerprint density at radius 2 is 1.76 bits per heavy atom. The Bertz CT molecular complexity index is 898. The number of nitrogens with one attached hydrogen (secondary N) is 2. The van der Waals surface area contributed by atoms with Crippen LogP contribution in [0.4, 0.5) is 0 Å². The molecule has 0 bridgehead atoms. The maximum atomic E-state index is 12.9. The molecule has 1 aromatic rings. The highest BCUT2D eigenvalue weighted by atomic mass is 32.1. The van der Waals surface area contributed by atoms with Crippen molar-refractivity contribution in [1.29, 1.82) is 0 Å². The SMILES string of the molecule is NC(CCC(=O)O)C(=O)N1CCCC1C(=O)NC(CS)C(=O)NC(Cc1ccccc1)C(=O)O. The van der Waals surface area contributed by atoms with Crippen molar-refractivity contribution in [3.05, 3.63) is 35.9 Å². The molecule has 186 valence electrons. The predicted molar refractivity (Wildman–Crippen MR) is 125 cm³/mol. The average molecular weight is 495 g/mol. The number of amides is 3. The van der Waals surface area contributed by atoms with Crippen molar-refractivity contribution in [2.45, 2.75) is 56.3 Å². The van der Waals surface area contributed by atoms with Crippen LogP contribution in [0.15, 0.2) is 30.3 Å². The van der Waals surface area contributed by atoms with E-state index >= 15 is 0 Å². The fourth-order valence-electron chi connectivity index (χ4n) is 3.70. The molecule has 1 aromatic carbocycles. The molecule has 1 heterocycles. The van der Waals surface area contributed by atoms with Gasteiger partial charge in [-0.1, -0.05) is 30.3 Å². The molecule has 0 saturated carbocycles. The van der Waals surface area contributed by atoms with Crippen molar-refractivity contribution >= 4 is 42.3 Å². The van der Waals surface area contributed by atoms with Gasteiger partial charge in [-0.2, -0.15) is 12.6 Å². The van der Waals surface area contributed by atoms with Crippen molar-refractivity contribution in [3.63, 3.8) is 0 Å². The smallest absolute Gasteiger partial charge is 0.326 e. The number of rotatable bonds is 12. The third-order valence-corrected chi connectivity index (χ3v) is 5.90. The summed E-state index contributed by atoms with van der Waals surface area (Å²) in [5.74, 6) is -4.20. The summed E-state index contributed by atoms with van der Waals surface area (Å²) < 4.78 is 0. The third-order valence-electron chi connectivity index (χ3n) is 5.54. The molecule has 3 amide bonds. The molecule has 0 aromatic heterocycles. The van der Waals surface area contributed by atoms with E-state index < -0.39 is 53.8 Å². The molecule has 4 unspecified atom stereocenters. The van der Waals surface area contributed by atoms with Crippen molar-refractivity contribution in [2.24, 2.45) is 5.73 Å². The van der Waals surface area contributed by atoms with E-state index in [9.17, 15) is 29.1 Å². The molecule has 1 saturated heterocycles. The van der Waals surface area contributed by atoms with E-state index in [0.29, 0.717) is 12.8 Å².